The lowest BCUT2D eigenvalue weighted by Crippen LogP contribution is -2.31. The fourth-order valence-corrected chi connectivity index (χ4v) is 4.86. The van der Waals surface area contributed by atoms with E-state index in [1.54, 1.807) is 18.2 Å². The Morgan fingerprint density at radius 2 is 1.59 bits per heavy atom. The van der Waals surface area contributed by atoms with Crippen molar-refractivity contribution in [2.75, 3.05) is 0 Å². The maximum atomic E-state index is 12.5. The maximum absolute atomic E-state index is 12.5. The van der Waals surface area contributed by atoms with Crippen LogP contribution in [0.5, 0.6) is 0 Å². The Morgan fingerprint density at radius 1 is 1.00 bits per heavy atom. The Balaban J connectivity index is 1.88. The molecular weight excluding hydrogens is 456 g/mol. The molecule has 1 heterocycles. The summed E-state index contributed by atoms with van der Waals surface area (Å²) < 4.78 is 28.3. The quantitative estimate of drug-likeness (QED) is 0.611. The Bertz CT molecular complexity index is 1110. The zero-order valence-electron chi connectivity index (χ0n) is 13.2. The fraction of sp³-hybridized carbons (Fsp3) is 0. The lowest BCUT2D eigenvalue weighted by Gasteiger charge is -2.09. The number of rotatable bonds is 4. The highest BCUT2D eigenvalue weighted by Gasteiger charge is 2.25. The van der Waals surface area contributed by atoms with E-state index in [1.165, 1.54) is 35.3 Å². The van der Waals surface area contributed by atoms with Crippen LogP contribution in [0.15, 0.2) is 53.8 Å². The third-order valence-electron chi connectivity index (χ3n) is 3.38. The van der Waals surface area contributed by atoms with Gasteiger partial charge in [0.15, 0.2) is 0 Å². The first-order valence-corrected chi connectivity index (χ1v) is 10.2. The summed E-state index contributed by atoms with van der Waals surface area (Å²) in [6, 6.07) is 8.96. The van der Waals surface area contributed by atoms with Crippen LogP contribution in [0.2, 0.25) is 20.1 Å². The number of carbonyl (C=O) groups is 1. The van der Waals surface area contributed by atoms with Crippen molar-refractivity contribution in [1.82, 2.24) is 14.3 Å². The molecule has 0 unspecified atom stereocenters. The van der Waals surface area contributed by atoms with E-state index in [0.29, 0.717) is 15.7 Å². The van der Waals surface area contributed by atoms with Crippen molar-refractivity contribution in [2.45, 2.75) is 4.90 Å². The van der Waals surface area contributed by atoms with Crippen LogP contribution in [0, 0.1) is 0 Å². The summed E-state index contributed by atoms with van der Waals surface area (Å²) in [6.07, 6.45) is 2.66. The molecule has 6 nitrogen and oxygen atoms in total. The zero-order chi connectivity index (χ0) is 19.8. The summed E-state index contributed by atoms with van der Waals surface area (Å²) in [5.41, 5.74) is 0.411. The number of aromatic nitrogens is 2. The van der Waals surface area contributed by atoms with E-state index in [9.17, 15) is 13.2 Å². The number of hydrogen-bond acceptors (Lipinski definition) is 4. The molecule has 0 aliphatic carbocycles. The first-order valence-electron chi connectivity index (χ1n) is 7.19. The minimum atomic E-state index is -4.29. The van der Waals surface area contributed by atoms with Gasteiger partial charge in [-0.05, 0) is 30.3 Å². The van der Waals surface area contributed by atoms with Gasteiger partial charge in [0, 0.05) is 21.9 Å². The minimum Gasteiger partial charge on any atom is -0.305 e. The number of benzene rings is 2. The van der Waals surface area contributed by atoms with Crippen molar-refractivity contribution in [1.29, 1.82) is 0 Å². The van der Waals surface area contributed by atoms with Gasteiger partial charge >= 0.3 is 0 Å². The number of imidazole rings is 1. The van der Waals surface area contributed by atoms with Gasteiger partial charge in [0.1, 0.15) is 16.9 Å². The number of hydrogen-bond donors (Lipinski definition) is 1. The third-order valence-corrected chi connectivity index (χ3v) is 6.10. The predicted octanol–water partition coefficient (Wildman–Crippen LogP) is 4.60. The van der Waals surface area contributed by atoms with Crippen molar-refractivity contribution in [3.8, 4) is 5.69 Å². The predicted molar refractivity (Wildman–Crippen MR) is 105 cm³/mol. The topological polar surface area (TPSA) is 81.1 Å². The molecule has 140 valence electrons. The molecule has 0 aliphatic rings. The van der Waals surface area contributed by atoms with Gasteiger partial charge in [0.25, 0.3) is 15.9 Å². The second kappa shape index (κ2) is 7.69. The molecule has 0 aliphatic heterocycles. The van der Waals surface area contributed by atoms with Crippen LogP contribution < -0.4 is 4.72 Å². The second-order valence-corrected chi connectivity index (χ2v) is 8.59. The van der Waals surface area contributed by atoms with Crippen LogP contribution in [0.4, 0.5) is 0 Å². The van der Waals surface area contributed by atoms with Gasteiger partial charge in [0.05, 0.1) is 10.0 Å². The lowest BCUT2D eigenvalue weighted by atomic mass is 10.3. The van der Waals surface area contributed by atoms with E-state index in [1.807, 2.05) is 4.72 Å². The van der Waals surface area contributed by atoms with E-state index < -0.39 is 15.9 Å². The number of amides is 1. The number of nitrogens with one attached hydrogen (secondary N) is 1. The van der Waals surface area contributed by atoms with Crippen molar-refractivity contribution >= 4 is 62.3 Å². The van der Waals surface area contributed by atoms with Gasteiger partial charge in [-0.2, -0.15) is 0 Å². The molecule has 0 spiro atoms. The number of nitrogens with zero attached hydrogens (tertiary/aromatic N) is 2. The molecule has 0 fully saturated rings. The highest BCUT2D eigenvalue weighted by atomic mass is 35.5. The Labute approximate surface area is 174 Å². The van der Waals surface area contributed by atoms with Gasteiger partial charge in [-0.3, -0.25) is 4.79 Å². The van der Waals surface area contributed by atoms with E-state index in [-0.39, 0.29) is 20.6 Å². The molecule has 11 heteroatoms. The SMILES string of the molecule is O=C(NS(=O)(=O)c1c(Cl)cccc1Cl)c1cn(-c2cc(Cl)cc(Cl)c2)cn1. The van der Waals surface area contributed by atoms with Crippen LogP contribution >= 0.6 is 46.4 Å². The third kappa shape index (κ3) is 4.39. The van der Waals surface area contributed by atoms with Gasteiger partial charge in [-0.1, -0.05) is 52.5 Å². The van der Waals surface area contributed by atoms with Crippen LogP contribution in [0.3, 0.4) is 0 Å². The zero-order valence-corrected chi connectivity index (χ0v) is 17.0. The average molecular weight is 465 g/mol. The molecular formula is C16H9Cl4N3O3S. The van der Waals surface area contributed by atoms with Crippen LogP contribution in [-0.4, -0.2) is 23.9 Å². The molecule has 1 aromatic heterocycles. The first kappa shape index (κ1) is 20.0. The van der Waals surface area contributed by atoms with Crippen LogP contribution in [0.1, 0.15) is 10.5 Å². The Morgan fingerprint density at radius 3 is 2.19 bits per heavy atom. The summed E-state index contributed by atoms with van der Waals surface area (Å²) in [6.45, 7) is 0. The van der Waals surface area contributed by atoms with Gasteiger partial charge in [-0.25, -0.2) is 18.1 Å². The molecule has 3 rings (SSSR count). The molecule has 1 N–H and O–H groups in total. The van der Waals surface area contributed by atoms with Crippen molar-refractivity contribution in [3.63, 3.8) is 0 Å². The smallest absolute Gasteiger partial charge is 0.285 e. The normalized spacial score (nSPS) is 11.4. The fourth-order valence-electron chi connectivity index (χ4n) is 2.23. The Hall–Kier alpha value is -1.77. The number of carbonyl (C=O) groups excluding carboxylic acids is 1. The van der Waals surface area contributed by atoms with Gasteiger partial charge in [0.2, 0.25) is 0 Å². The highest BCUT2D eigenvalue weighted by Crippen LogP contribution is 2.29. The largest absolute Gasteiger partial charge is 0.305 e. The minimum absolute atomic E-state index is 0.109. The summed E-state index contributed by atoms with van der Waals surface area (Å²) in [7, 11) is -4.29. The highest BCUT2D eigenvalue weighted by molar-refractivity contribution is 7.90. The summed E-state index contributed by atoms with van der Waals surface area (Å²) >= 11 is 23.7. The molecule has 0 saturated heterocycles. The van der Waals surface area contributed by atoms with Gasteiger partial charge < -0.3 is 4.57 Å². The summed E-state index contributed by atoms with van der Waals surface area (Å²) in [4.78, 5) is 15.9. The molecule has 0 saturated carbocycles. The number of halogens is 4. The Kier molecular flexibility index (Phi) is 5.69. The molecule has 1 amide bonds. The van der Waals surface area contributed by atoms with Crippen molar-refractivity contribution in [2.24, 2.45) is 0 Å². The molecule has 0 bridgehead atoms. The van der Waals surface area contributed by atoms with Crippen molar-refractivity contribution < 1.29 is 13.2 Å². The monoisotopic (exact) mass is 463 g/mol. The molecule has 3 aromatic rings. The van der Waals surface area contributed by atoms with Crippen molar-refractivity contribution in [3.05, 3.63) is 74.7 Å². The average Bonchev–Trinajstić information content (AvgIpc) is 3.03. The van der Waals surface area contributed by atoms with E-state index >= 15 is 0 Å². The summed E-state index contributed by atoms with van der Waals surface area (Å²) in [5, 5.41) is 0.574. The van der Waals surface area contributed by atoms with E-state index in [4.69, 9.17) is 46.4 Å². The maximum Gasteiger partial charge on any atom is 0.285 e. The standard InChI is InChI=1S/C16H9Cl4N3O3S/c17-9-4-10(18)6-11(5-9)23-7-14(21-8-23)16(24)22-27(25,26)15-12(19)2-1-3-13(15)20/h1-8H,(H,22,24). The molecule has 27 heavy (non-hydrogen) atoms. The molecule has 2 aromatic carbocycles. The van der Waals surface area contributed by atoms with E-state index in [0.717, 1.165) is 0 Å². The number of sulfonamides is 1. The first-order chi connectivity index (χ1) is 12.7. The van der Waals surface area contributed by atoms with E-state index in [2.05, 4.69) is 4.98 Å². The lowest BCUT2D eigenvalue weighted by molar-refractivity contribution is 0.0977. The summed E-state index contributed by atoms with van der Waals surface area (Å²) in [5.74, 6) is -0.946. The van der Waals surface area contributed by atoms with Crippen LogP contribution in [-0.2, 0) is 10.0 Å². The van der Waals surface area contributed by atoms with Crippen LogP contribution in [0.25, 0.3) is 5.69 Å². The molecule has 0 radical (unpaired) electrons. The second-order valence-electron chi connectivity index (χ2n) is 5.28. The molecule has 0 atom stereocenters. The van der Waals surface area contributed by atoms with Gasteiger partial charge in [-0.15, -0.1) is 0 Å².